The van der Waals surface area contributed by atoms with Crippen LogP contribution in [0.1, 0.15) is 123 Å². The van der Waals surface area contributed by atoms with E-state index in [4.69, 9.17) is 27.5 Å². The summed E-state index contributed by atoms with van der Waals surface area (Å²) in [6, 6.07) is 12.6. The number of ether oxygens (including phenoxy) is 3. The minimum atomic E-state index is -2.20. The first kappa shape index (κ1) is 42.2. The summed E-state index contributed by atoms with van der Waals surface area (Å²) in [5.74, 6) is 1.26. The molecule has 3 aromatic rings. The molecule has 53 heavy (non-hydrogen) atoms. The van der Waals surface area contributed by atoms with E-state index in [0.717, 1.165) is 64.7 Å². The van der Waals surface area contributed by atoms with Crippen molar-refractivity contribution < 1.29 is 32.6 Å². The number of benzene rings is 2. The molecule has 296 valence electrons. The quantitative estimate of drug-likeness (QED) is 0.122. The average Bonchev–Trinajstić information content (AvgIpc) is 3.66. The van der Waals surface area contributed by atoms with Crippen LogP contribution in [-0.4, -0.2) is 51.9 Å². The molecule has 3 heterocycles. The van der Waals surface area contributed by atoms with Crippen molar-refractivity contribution in [2.24, 2.45) is 5.92 Å². The Bertz CT molecular complexity index is 1670. The maximum atomic E-state index is 11.8. The van der Waals surface area contributed by atoms with E-state index in [0.29, 0.717) is 25.6 Å². The smallest absolute Gasteiger partial charge is 0.192 e. The lowest BCUT2D eigenvalue weighted by atomic mass is 9.80. The Morgan fingerprint density at radius 2 is 1.60 bits per heavy atom. The third-order valence-electron chi connectivity index (χ3n) is 12.7. The molecule has 1 N–H and O–H groups in total. The molecule has 1 aromatic heterocycles. The fraction of sp³-hybridized carbons (Fsp3) is 0.682. The number of hydrogen-bond donors (Lipinski definition) is 1. The number of epoxide rings is 1. The van der Waals surface area contributed by atoms with Gasteiger partial charge in [-0.2, -0.15) is 0 Å². The molecule has 0 aliphatic carbocycles. The SMILES string of the molecule is CCCC(c1coc2c(CO[Si](C)(C)C(C)(C)C)c(OCc3ccccc3)c(CC(C)C)cc12)[C@H]1C[C@H](O[Si](C)(C)C(C)(C)C)[C@@]2(O[C@@H]2CC)[C@H](O)O1. The monoisotopic (exact) mass is 766 g/mol. The molecule has 1 spiro atoms. The van der Waals surface area contributed by atoms with E-state index in [1.807, 2.05) is 12.3 Å². The van der Waals surface area contributed by atoms with Crippen molar-refractivity contribution in [2.45, 2.75) is 187 Å². The molecule has 2 aliphatic rings. The molecule has 9 heteroatoms. The third kappa shape index (κ3) is 8.72. The van der Waals surface area contributed by atoms with Crippen molar-refractivity contribution >= 4 is 27.6 Å². The second kappa shape index (κ2) is 15.9. The van der Waals surface area contributed by atoms with Gasteiger partial charge in [-0.05, 0) is 78.6 Å². The van der Waals surface area contributed by atoms with Gasteiger partial charge in [0.1, 0.15) is 17.9 Å². The van der Waals surface area contributed by atoms with Crippen molar-refractivity contribution in [2.75, 3.05) is 0 Å². The molecule has 2 aliphatic heterocycles. The topological polar surface area (TPSA) is 82.8 Å². The van der Waals surface area contributed by atoms with Crippen molar-refractivity contribution in [3.8, 4) is 5.75 Å². The van der Waals surface area contributed by atoms with E-state index in [1.165, 1.54) is 0 Å². The fourth-order valence-corrected chi connectivity index (χ4v) is 9.75. The van der Waals surface area contributed by atoms with Gasteiger partial charge in [0, 0.05) is 23.3 Å². The molecule has 0 bridgehead atoms. The van der Waals surface area contributed by atoms with Crippen molar-refractivity contribution in [1.29, 1.82) is 0 Å². The predicted molar refractivity (Wildman–Crippen MR) is 221 cm³/mol. The maximum absolute atomic E-state index is 11.8. The zero-order valence-corrected chi connectivity index (χ0v) is 37.4. The lowest BCUT2D eigenvalue weighted by molar-refractivity contribution is -0.234. The summed E-state index contributed by atoms with van der Waals surface area (Å²) in [4.78, 5) is 0. The van der Waals surface area contributed by atoms with Crippen LogP contribution in [0.3, 0.4) is 0 Å². The number of aliphatic hydroxyl groups excluding tert-OH is 1. The van der Waals surface area contributed by atoms with Gasteiger partial charge < -0.3 is 32.6 Å². The summed E-state index contributed by atoms with van der Waals surface area (Å²) < 4.78 is 40.5. The van der Waals surface area contributed by atoms with E-state index >= 15 is 0 Å². The van der Waals surface area contributed by atoms with Crippen LogP contribution in [0.2, 0.25) is 36.3 Å². The van der Waals surface area contributed by atoms with Crippen molar-refractivity contribution in [3.63, 3.8) is 0 Å². The summed E-state index contributed by atoms with van der Waals surface area (Å²) in [6.45, 7) is 32.5. The van der Waals surface area contributed by atoms with Crippen LogP contribution in [0.4, 0.5) is 0 Å². The Labute approximate surface area is 322 Å². The predicted octanol–water partition coefficient (Wildman–Crippen LogP) is 11.7. The van der Waals surface area contributed by atoms with Gasteiger partial charge in [-0.25, -0.2) is 0 Å². The molecule has 6 atom stereocenters. The highest BCUT2D eigenvalue weighted by Crippen LogP contribution is 2.55. The number of fused-ring (bicyclic) bond motifs is 1. The van der Waals surface area contributed by atoms with E-state index in [-0.39, 0.29) is 34.3 Å². The standard InChI is InChI=1S/C44H70O7Si2/c1-15-20-32(36-25-38(51-53(13,14)43(8,9)10)44(41(45)49-36)37(16-2)50-44)34-27-47-40-33(34)24-31(23-29(3)4)39(46-26-30-21-18-17-19-22-30)35(40)28-48-52(11,12)42(5,6)7/h17-19,21-22,24,27,29,32,36-38,41,45H,15-16,20,23,25-26,28H2,1-14H3/t32?,36-,37-,38+,41-,44-/m1/s1. The van der Waals surface area contributed by atoms with Crippen LogP contribution >= 0.6 is 0 Å². The lowest BCUT2D eigenvalue weighted by Gasteiger charge is -2.46. The first-order valence-corrected chi connectivity index (χ1v) is 26.0. The molecule has 2 aromatic carbocycles. The number of rotatable bonds is 15. The van der Waals surface area contributed by atoms with E-state index in [9.17, 15) is 5.11 Å². The second-order valence-electron chi connectivity index (χ2n) is 19.2. The van der Waals surface area contributed by atoms with E-state index in [1.54, 1.807) is 0 Å². The van der Waals surface area contributed by atoms with Gasteiger partial charge in [0.05, 0.1) is 36.7 Å². The summed E-state index contributed by atoms with van der Waals surface area (Å²) in [6.07, 6.45) is 4.40. The zero-order chi connectivity index (χ0) is 39.1. The Morgan fingerprint density at radius 3 is 2.17 bits per heavy atom. The minimum absolute atomic E-state index is 0.0170. The summed E-state index contributed by atoms with van der Waals surface area (Å²) in [5, 5.41) is 12.9. The molecular formula is C44H70O7Si2. The van der Waals surface area contributed by atoms with Gasteiger partial charge in [0.15, 0.2) is 28.5 Å². The Kier molecular flexibility index (Phi) is 12.6. The van der Waals surface area contributed by atoms with Gasteiger partial charge in [0.2, 0.25) is 0 Å². The molecule has 0 saturated carbocycles. The van der Waals surface area contributed by atoms with Gasteiger partial charge >= 0.3 is 0 Å². The zero-order valence-electron chi connectivity index (χ0n) is 35.4. The van der Waals surface area contributed by atoms with Crippen LogP contribution in [0.15, 0.2) is 47.1 Å². The minimum Gasteiger partial charge on any atom is -0.488 e. The highest BCUT2D eigenvalue weighted by atomic mass is 28.4. The van der Waals surface area contributed by atoms with Gasteiger partial charge in [-0.3, -0.25) is 0 Å². The normalized spacial score (nSPS) is 24.7. The molecule has 2 fully saturated rings. The summed E-state index contributed by atoms with van der Waals surface area (Å²) in [7, 11) is -4.33. The largest absolute Gasteiger partial charge is 0.488 e. The Morgan fingerprint density at radius 1 is 0.943 bits per heavy atom. The van der Waals surface area contributed by atoms with Gasteiger partial charge in [-0.1, -0.05) is 106 Å². The number of aliphatic hydroxyl groups is 1. The molecule has 5 rings (SSSR count). The van der Waals surface area contributed by atoms with Crippen LogP contribution < -0.4 is 4.74 Å². The number of furan rings is 1. The van der Waals surface area contributed by atoms with Crippen molar-refractivity contribution in [3.05, 3.63) is 64.9 Å². The Balaban J connectivity index is 1.61. The molecular weight excluding hydrogens is 697 g/mol. The molecule has 0 radical (unpaired) electrons. The third-order valence-corrected chi connectivity index (χ3v) is 21.7. The summed E-state index contributed by atoms with van der Waals surface area (Å²) in [5.41, 5.74) is 4.36. The van der Waals surface area contributed by atoms with E-state index < -0.39 is 28.5 Å². The molecule has 1 unspecified atom stereocenters. The van der Waals surface area contributed by atoms with Crippen LogP contribution in [0, 0.1) is 5.92 Å². The van der Waals surface area contributed by atoms with Crippen LogP contribution in [-0.2, 0) is 38.0 Å². The highest BCUT2D eigenvalue weighted by molar-refractivity contribution is 6.74. The van der Waals surface area contributed by atoms with Crippen molar-refractivity contribution in [1.82, 2.24) is 0 Å². The lowest BCUT2D eigenvalue weighted by Crippen LogP contribution is -2.58. The van der Waals surface area contributed by atoms with Crippen LogP contribution in [0.5, 0.6) is 5.75 Å². The highest BCUT2D eigenvalue weighted by Gasteiger charge is 2.70. The second-order valence-corrected chi connectivity index (χ2v) is 28.8. The fourth-order valence-electron chi connectivity index (χ4n) is 7.47. The first-order chi connectivity index (χ1) is 24.7. The molecule has 7 nitrogen and oxygen atoms in total. The average molecular weight is 767 g/mol. The van der Waals surface area contributed by atoms with Gasteiger partial charge in [0.25, 0.3) is 0 Å². The molecule has 0 amide bonds. The maximum Gasteiger partial charge on any atom is 0.192 e. The number of hydrogen-bond acceptors (Lipinski definition) is 7. The van der Waals surface area contributed by atoms with Gasteiger partial charge in [-0.15, -0.1) is 0 Å². The first-order valence-electron chi connectivity index (χ1n) is 20.2. The Hall–Kier alpha value is -1.99. The van der Waals surface area contributed by atoms with Crippen LogP contribution in [0.25, 0.3) is 11.0 Å². The molecule has 2 saturated heterocycles. The summed E-state index contributed by atoms with van der Waals surface area (Å²) >= 11 is 0. The van der Waals surface area contributed by atoms with E-state index in [2.05, 4.69) is 126 Å².